The monoisotopic (exact) mass is 489 g/mol. The average Bonchev–Trinajstić information content (AvgIpc) is 3.48. The zero-order valence-corrected chi connectivity index (χ0v) is 21.8. The van der Waals surface area contributed by atoms with Crippen molar-refractivity contribution >= 4 is 17.7 Å². The third kappa shape index (κ3) is 4.55. The average molecular weight is 490 g/mol. The molecule has 3 rings (SSSR count). The third-order valence-corrected chi connectivity index (χ3v) is 8.00. The third-order valence-electron chi connectivity index (χ3n) is 8.00. The highest BCUT2D eigenvalue weighted by Gasteiger charge is 2.75. The maximum absolute atomic E-state index is 14.2. The Morgan fingerprint density at radius 3 is 2.46 bits per heavy atom. The van der Waals surface area contributed by atoms with Crippen molar-refractivity contribution < 1.29 is 24.2 Å². The Hall–Kier alpha value is -2.19. The Balaban J connectivity index is 2.05. The summed E-state index contributed by atoms with van der Waals surface area (Å²) in [4.78, 5) is 46.9. The van der Waals surface area contributed by atoms with E-state index >= 15 is 0 Å². The summed E-state index contributed by atoms with van der Waals surface area (Å²) in [5.74, 6) is -1.92. The first-order valence-electron chi connectivity index (χ1n) is 13.2. The number of hydrogen-bond acceptors (Lipinski definition) is 5. The smallest absolute Gasteiger partial charge is 0.248 e. The van der Waals surface area contributed by atoms with Crippen LogP contribution in [-0.2, 0) is 19.1 Å². The molecule has 8 nitrogen and oxygen atoms in total. The van der Waals surface area contributed by atoms with Crippen molar-refractivity contribution in [3.05, 3.63) is 25.3 Å². The fourth-order valence-corrected chi connectivity index (χ4v) is 6.50. The SMILES string of the molecule is C=CCN(CCC)C(=O)[C@@H]1[C@H]2C(=O)N([C@H](C)CO)C(C(=O)N(CC=C)C(C)CCC)C23CC[C@H]1O3. The maximum Gasteiger partial charge on any atom is 0.248 e. The summed E-state index contributed by atoms with van der Waals surface area (Å²) in [6.07, 6.45) is 6.72. The fraction of sp³-hybridized carbons (Fsp3) is 0.741. The second kappa shape index (κ2) is 11.2. The second-order valence-electron chi connectivity index (χ2n) is 10.3. The summed E-state index contributed by atoms with van der Waals surface area (Å²) in [7, 11) is 0. The van der Waals surface area contributed by atoms with E-state index < -0.39 is 29.5 Å². The van der Waals surface area contributed by atoms with E-state index in [0.29, 0.717) is 32.5 Å². The van der Waals surface area contributed by atoms with Crippen molar-refractivity contribution in [2.45, 2.75) is 89.6 Å². The molecule has 8 heteroatoms. The topological polar surface area (TPSA) is 90.4 Å². The van der Waals surface area contributed by atoms with Gasteiger partial charge in [-0.15, -0.1) is 13.2 Å². The molecular weight excluding hydrogens is 446 g/mol. The van der Waals surface area contributed by atoms with Gasteiger partial charge in [0, 0.05) is 25.7 Å². The molecule has 3 amide bonds. The van der Waals surface area contributed by atoms with Crippen LogP contribution in [-0.4, -0.2) is 93.6 Å². The molecule has 3 aliphatic rings. The number of aliphatic hydroxyl groups is 1. The van der Waals surface area contributed by atoms with Gasteiger partial charge in [0.05, 0.1) is 30.6 Å². The lowest BCUT2D eigenvalue weighted by Crippen LogP contribution is -2.59. The Bertz CT molecular complexity index is 832. The van der Waals surface area contributed by atoms with E-state index in [1.54, 1.807) is 28.9 Å². The number of rotatable bonds is 13. The zero-order valence-electron chi connectivity index (χ0n) is 21.8. The van der Waals surface area contributed by atoms with Crippen LogP contribution in [0.3, 0.4) is 0 Å². The number of likely N-dealkylation sites (tertiary alicyclic amines) is 1. The fourth-order valence-electron chi connectivity index (χ4n) is 6.50. The Kier molecular flexibility index (Phi) is 8.81. The number of ether oxygens (including phenoxy) is 1. The predicted octanol–water partition coefficient (Wildman–Crippen LogP) is 2.37. The minimum absolute atomic E-state index is 0.0361. The molecule has 1 N–H and O–H groups in total. The first kappa shape index (κ1) is 27.4. The molecule has 35 heavy (non-hydrogen) atoms. The van der Waals surface area contributed by atoms with Crippen LogP contribution in [0.1, 0.15) is 59.8 Å². The standard InChI is InChI=1S/C27H43N3O5/c1-7-11-18(5)29(16-10-4)26(34)23-27-13-12-20(35-27)21(24(32)28(14-8-2)15-9-3)22(27)25(33)30(23)19(6)17-31/h8,10,18-23,31H,2,4,7,9,11-17H2,1,3,5-6H3/t18?,19-,20-,21+,22+,23?,27?/m1/s1. The van der Waals surface area contributed by atoms with Gasteiger partial charge in [0.15, 0.2) is 0 Å². The minimum atomic E-state index is -1.06. The van der Waals surface area contributed by atoms with Crippen molar-refractivity contribution in [2.24, 2.45) is 11.8 Å². The molecule has 2 bridgehead atoms. The zero-order chi connectivity index (χ0) is 25.9. The molecule has 0 radical (unpaired) electrons. The molecule has 0 aliphatic carbocycles. The highest BCUT2D eigenvalue weighted by atomic mass is 16.5. The molecule has 3 unspecified atom stereocenters. The molecule has 7 atom stereocenters. The largest absolute Gasteiger partial charge is 0.394 e. The Labute approximate surface area is 210 Å². The lowest BCUT2D eigenvalue weighted by atomic mass is 9.70. The van der Waals surface area contributed by atoms with Gasteiger partial charge in [0.2, 0.25) is 17.7 Å². The van der Waals surface area contributed by atoms with Crippen molar-refractivity contribution in [1.29, 1.82) is 0 Å². The van der Waals surface area contributed by atoms with Gasteiger partial charge in [-0.2, -0.15) is 0 Å². The molecular formula is C27H43N3O5. The van der Waals surface area contributed by atoms with Crippen LogP contribution in [0, 0.1) is 11.8 Å². The molecule has 196 valence electrons. The van der Waals surface area contributed by atoms with Gasteiger partial charge in [-0.3, -0.25) is 14.4 Å². The number of carbonyl (C=O) groups excluding carboxylic acids is 3. The van der Waals surface area contributed by atoms with Crippen LogP contribution in [0.4, 0.5) is 0 Å². The molecule has 3 fully saturated rings. The first-order valence-corrected chi connectivity index (χ1v) is 13.2. The summed E-state index contributed by atoms with van der Waals surface area (Å²) in [5.41, 5.74) is -1.06. The highest BCUT2D eigenvalue weighted by molar-refractivity contribution is 5.99. The van der Waals surface area contributed by atoms with Gasteiger partial charge in [0.25, 0.3) is 0 Å². The normalized spacial score (nSPS) is 30.7. The minimum Gasteiger partial charge on any atom is -0.394 e. The van der Waals surface area contributed by atoms with Crippen LogP contribution in [0.25, 0.3) is 0 Å². The van der Waals surface area contributed by atoms with Gasteiger partial charge < -0.3 is 24.5 Å². The summed E-state index contributed by atoms with van der Waals surface area (Å²) < 4.78 is 6.53. The van der Waals surface area contributed by atoms with E-state index in [2.05, 4.69) is 20.1 Å². The molecule has 3 heterocycles. The summed E-state index contributed by atoms with van der Waals surface area (Å²) in [6.45, 7) is 16.5. The van der Waals surface area contributed by atoms with E-state index in [-0.39, 0.29) is 36.5 Å². The van der Waals surface area contributed by atoms with E-state index in [4.69, 9.17) is 4.74 Å². The van der Waals surface area contributed by atoms with Crippen molar-refractivity contribution in [3.8, 4) is 0 Å². The van der Waals surface area contributed by atoms with Crippen LogP contribution in [0.15, 0.2) is 25.3 Å². The molecule has 1 spiro atoms. The predicted molar refractivity (Wildman–Crippen MR) is 134 cm³/mol. The summed E-state index contributed by atoms with van der Waals surface area (Å²) in [6, 6.07) is -1.48. The number of fused-ring (bicyclic) bond motifs is 1. The molecule has 0 aromatic rings. The Morgan fingerprint density at radius 1 is 1.20 bits per heavy atom. The van der Waals surface area contributed by atoms with Crippen LogP contribution >= 0.6 is 0 Å². The Morgan fingerprint density at radius 2 is 1.89 bits per heavy atom. The number of aliphatic hydroxyl groups excluding tert-OH is 1. The van der Waals surface area contributed by atoms with Crippen LogP contribution in [0.2, 0.25) is 0 Å². The lowest BCUT2D eigenvalue weighted by molar-refractivity contribution is -0.152. The van der Waals surface area contributed by atoms with E-state index in [0.717, 1.165) is 19.3 Å². The van der Waals surface area contributed by atoms with Gasteiger partial charge in [0.1, 0.15) is 11.6 Å². The lowest BCUT2D eigenvalue weighted by Gasteiger charge is -2.40. The van der Waals surface area contributed by atoms with Gasteiger partial charge in [-0.25, -0.2) is 0 Å². The molecule has 3 aliphatic heterocycles. The summed E-state index contributed by atoms with van der Waals surface area (Å²) in [5, 5.41) is 10.0. The second-order valence-corrected chi connectivity index (χ2v) is 10.3. The van der Waals surface area contributed by atoms with Gasteiger partial charge >= 0.3 is 0 Å². The van der Waals surface area contributed by atoms with Crippen molar-refractivity contribution in [1.82, 2.24) is 14.7 Å². The highest BCUT2D eigenvalue weighted by Crippen LogP contribution is 2.59. The molecule has 0 aromatic carbocycles. The maximum atomic E-state index is 14.2. The number of amides is 3. The van der Waals surface area contributed by atoms with Crippen molar-refractivity contribution in [3.63, 3.8) is 0 Å². The van der Waals surface area contributed by atoms with Crippen LogP contribution in [0.5, 0.6) is 0 Å². The number of nitrogens with zero attached hydrogens (tertiary/aromatic N) is 3. The van der Waals surface area contributed by atoms with E-state index in [1.165, 1.54) is 4.90 Å². The molecule has 0 saturated carbocycles. The number of carbonyl (C=O) groups is 3. The van der Waals surface area contributed by atoms with Gasteiger partial charge in [-0.05, 0) is 39.5 Å². The summed E-state index contributed by atoms with van der Waals surface area (Å²) >= 11 is 0. The van der Waals surface area contributed by atoms with E-state index in [9.17, 15) is 19.5 Å². The van der Waals surface area contributed by atoms with E-state index in [1.807, 2.05) is 13.8 Å². The van der Waals surface area contributed by atoms with Crippen LogP contribution < -0.4 is 0 Å². The van der Waals surface area contributed by atoms with Crippen molar-refractivity contribution in [2.75, 3.05) is 26.2 Å². The molecule has 0 aromatic heterocycles. The first-order chi connectivity index (χ1) is 16.7. The number of hydrogen-bond donors (Lipinski definition) is 1. The van der Waals surface area contributed by atoms with Gasteiger partial charge in [-0.1, -0.05) is 32.4 Å². The molecule has 3 saturated heterocycles. The quantitative estimate of drug-likeness (QED) is 0.401.